The average molecular weight is 295 g/mol. The van der Waals surface area contributed by atoms with Gasteiger partial charge in [0.05, 0.1) is 0 Å². The number of nitrogens with one attached hydrogen (secondary N) is 1. The molecule has 1 aromatic rings. The van der Waals surface area contributed by atoms with Crippen molar-refractivity contribution < 1.29 is 14.3 Å². The zero-order chi connectivity index (χ0) is 15.8. The topological polar surface area (TPSA) is 101 Å². The van der Waals surface area contributed by atoms with E-state index in [9.17, 15) is 19.2 Å². The van der Waals surface area contributed by atoms with Crippen LogP contribution in [0.2, 0.25) is 0 Å². The lowest BCUT2D eigenvalue weighted by molar-refractivity contribution is -0.152. The molecular weight excluding hydrogens is 278 g/mol. The molecule has 0 unspecified atom stereocenters. The maximum absolute atomic E-state index is 12.2. The van der Waals surface area contributed by atoms with Crippen LogP contribution in [0.5, 0.6) is 0 Å². The molecule has 1 N–H and O–H groups in total. The summed E-state index contributed by atoms with van der Waals surface area (Å²) in [6.45, 7) is 3.29. The fourth-order valence-corrected chi connectivity index (χ4v) is 2.23. The monoisotopic (exact) mass is 295 g/mol. The number of H-pyrrole nitrogens is 1. The normalized spacial score (nSPS) is 20.1. The van der Waals surface area contributed by atoms with Crippen LogP contribution in [0.25, 0.3) is 0 Å². The number of rotatable bonds is 3. The summed E-state index contributed by atoms with van der Waals surface area (Å²) < 4.78 is 6.25. The van der Waals surface area contributed by atoms with Gasteiger partial charge in [-0.3, -0.25) is 19.1 Å². The largest absolute Gasteiger partial charge is 0.458 e. The first-order valence-corrected chi connectivity index (χ1v) is 6.48. The van der Waals surface area contributed by atoms with Crippen molar-refractivity contribution in [3.63, 3.8) is 0 Å². The van der Waals surface area contributed by atoms with Gasteiger partial charge in [-0.2, -0.15) is 0 Å². The predicted molar refractivity (Wildman–Crippen MR) is 72.7 cm³/mol. The Hall–Kier alpha value is -2.38. The maximum Gasteiger partial charge on any atom is 0.329 e. The molecule has 0 aliphatic carbocycles. The van der Waals surface area contributed by atoms with E-state index < -0.39 is 34.8 Å². The fourth-order valence-electron chi connectivity index (χ4n) is 2.23. The first-order valence-electron chi connectivity index (χ1n) is 6.48. The van der Waals surface area contributed by atoms with Gasteiger partial charge in [-0.05, 0) is 13.8 Å². The third-order valence-corrected chi connectivity index (χ3v) is 3.40. The summed E-state index contributed by atoms with van der Waals surface area (Å²) >= 11 is 0. The standard InChI is InChI=1S/C13H17N3O5/c1-13(2)6-8(11(19)21-13)15(3)10(18)7-16-5-4-9(17)14-12(16)20/h4-5,8H,6-7H2,1-3H3,(H,14,17,20)/t8-/m0/s1. The van der Waals surface area contributed by atoms with Crippen LogP contribution in [0.3, 0.4) is 0 Å². The molecule has 21 heavy (non-hydrogen) atoms. The number of ether oxygens (including phenoxy) is 1. The number of aromatic amines is 1. The van der Waals surface area contributed by atoms with Gasteiger partial charge < -0.3 is 9.64 Å². The Balaban J connectivity index is 2.12. The number of hydrogen-bond acceptors (Lipinski definition) is 5. The Labute approximate surface area is 120 Å². The first kappa shape index (κ1) is 15.0. The quantitative estimate of drug-likeness (QED) is 0.727. The number of hydrogen-bond donors (Lipinski definition) is 1. The minimum absolute atomic E-state index is 0.254. The molecule has 1 atom stereocenters. The molecule has 1 aromatic heterocycles. The van der Waals surface area contributed by atoms with Crippen LogP contribution in [-0.4, -0.2) is 45.0 Å². The number of likely N-dealkylation sites (N-methyl/N-ethyl adjacent to an activating group) is 1. The van der Waals surface area contributed by atoms with Gasteiger partial charge in [-0.15, -0.1) is 0 Å². The maximum atomic E-state index is 12.2. The molecule has 1 aliphatic heterocycles. The molecule has 0 spiro atoms. The van der Waals surface area contributed by atoms with Gasteiger partial charge in [0.2, 0.25) is 5.91 Å². The molecule has 1 fully saturated rings. The van der Waals surface area contributed by atoms with Gasteiger partial charge in [-0.1, -0.05) is 0 Å². The number of cyclic esters (lactones) is 1. The first-order chi connectivity index (χ1) is 9.69. The van der Waals surface area contributed by atoms with Crippen molar-refractivity contribution in [1.29, 1.82) is 0 Å². The molecule has 0 radical (unpaired) electrons. The van der Waals surface area contributed by atoms with E-state index >= 15 is 0 Å². The van der Waals surface area contributed by atoms with Crippen LogP contribution in [0, 0.1) is 0 Å². The van der Waals surface area contributed by atoms with Gasteiger partial charge in [0.25, 0.3) is 5.56 Å². The van der Waals surface area contributed by atoms with Crippen LogP contribution in [0.15, 0.2) is 21.9 Å². The lowest BCUT2D eigenvalue weighted by Crippen LogP contribution is -2.43. The SMILES string of the molecule is CN(C(=O)Cn1ccc(=O)[nH]c1=O)[C@H]1CC(C)(C)OC1=O. The second-order valence-corrected chi connectivity index (χ2v) is 5.64. The summed E-state index contributed by atoms with van der Waals surface area (Å²) in [4.78, 5) is 49.8. The van der Waals surface area contributed by atoms with Gasteiger partial charge >= 0.3 is 11.7 Å². The minimum Gasteiger partial charge on any atom is -0.458 e. The zero-order valence-corrected chi connectivity index (χ0v) is 12.1. The van der Waals surface area contributed by atoms with Crippen molar-refractivity contribution in [2.75, 3.05) is 7.05 Å². The van der Waals surface area contributed by atoms with E-state index in [-0.39, 0.29) is 6.54 Å². The molecule has 8 heteroatoms. The number of aromatic nitrogens is 2. The molecule has 2 rings (SSSR count). The molecule has 1 saturated heterocycles. The highest BCUT2D eigenvalue weighted by Gasteiger charge is 2.43. The van der Waals surface area contributed by atoms with Gasteiger partial charge in [0.1, 0.15) is 18.2 Å². The van der Waals surface area contributed by atoms with Crippen molar-refractivity contribution in [1.82, 2.24) is 14.5 Å². The summed E-state index contributed by atoms with van der Waals surface area (Å²) in [6.07, 6.45) is 1.64. The Morgan fingerprint density at radius 2 is 2.14 bits per heavy atom. The highest BCUT2D eigenvalue weighted by Crippen LogP contribution is 2.28. The van der Waals surface area contributed by atoms with Crippen LogP contribution in [0.4, 0.5) is 0 Å². The fraction of sp³-hybridized carbons (Fsp3) is 0.538. The van der Waals surface area contributed by atoms with E-state index in [1.165, 1.54) is 18.1 Å². The molecule has 0 aromatic carbocycles. The van der Waals surface area contributed by atoms with Crippen LogP contribution in [0.1, 0.15) is 20.3 Å². The van der Waals surface area contributed by atoms with Gasteiger partial charge in [0, 0.05) is 25.7 Å². The van der Waals surface area contributed by atoms with Crippen LogP contribution in [-0.2, 0) is 20.9 Å². The number of nitrogens with zero attached hydrogens (tertiary/aromatic N) is 2. The second-order valence-electron chi connectivity index (χ2n) is 5.64. The minimum atomic E-state index is -0.668. The number of carbonyl (C=O) groups is 2. The summed E-state index contributed by atoms with van der Waals surface area (Å²) in [5.74, 6) is -0.867. The smallest absolute Gasteiger partial charge is 0.329 e. The molecule has 1 aliphatic rings. The number of amides is 1. The lowest BCUT2D eigenvalue weighted by atomic mass is 10.0. The summed E-state index contributed by atoms with van der Waals surface area (Å²) in [7, 11) is 1.49. The van der Waals surface area contributed by atoms with Gasteiger partial charge in [-0.25, -0.2) is 9.59 Å². The van der Waals surface area contributed by atoms with Crippen molar-refractivity contribution in [3.8, 4) is 0 Å². The third-order valence-electron chi connectivity index (χ3n) is 3.40. The van der Waals surface area contributed by atoms with E-state index in [2.05, 4.69) is 4.98 Å². The van der Waals surface area contributed by atoms with Crippen LogP contribution >= 0.6 is 0 Å². The predicted octanol–water partition coefficient (Wildman–Crippen LogP) is -0.911. The van der Waals surface area contributed by atoms with E-state index in [1.54, 1.807) is 13.8 Å². The molecule has 2 heterocycles. The second kappa shape index (κ2) is 5.19. The van der Waals surface area contributed by atoms with Gasteiger partial charge in [0.15, 0.2) is 0 Å². The van der Waals surface area contributed by atoms with Crippen molar-refractivity contribution in [2.45, 2.75) is 38.5 Å². The lowest BCUT2D eigenvalue weighted by Gasteiger charge is -2.22. The molecular formula is C13H17N3O5. The van der Waals surface area contributed by atoms with Crippen LogP contribution < -0.4 is 11.2 Å². The number of carbonyl (C=O) groups excluding carboxylic acids is 2. The Bertz CT molecular complexity index is 688. The van der Waals surface area contributed by atoms with E-state index in [0.29, 0.717) is 6.42 Å². The van der Waals surface area contributed by atoms with E-state index in [1.807, 2.05) is 0 Å². The molecule has 8 nitrogen and oxygen atoms in total. The zero-order valence-electron chi connectivity index (χ0n) is 12.1. The molecule has 0 bridgehead atoms. The summed E-state index contributed by atoms with van der Waals surface area (Å²) in [5.41, 5.74) is -1.80. The molecule has 1 amide bonds. The Kier molecular flexibility index (Phi) is 3.71. The molecule has 0 saturated carbocycles. The van der Waals surface area contributed by atoms with E-state index in [4.69, 9.17) is 4.74 Å². The Morgan fingerprint density at radius 1 is 1.48 bits per heavy atom. The highest BCUT2D eigenvalue weighted by molar-refractivity contribution is 5.85. The third kappa shape index (κ3) is 3.21. The van der Waals surface area contributed by atoms with Crippen molar-refractivity contribution in [3.05, 3.63) is 33.1 Å². The highest BCUT2D eigenvalue weighted by atomic mass is 16.6. The van der Waals surface area contributed by atoms with Crippen molar-refractivity contribution >= 4 is 11.9 Å². The molecule has 114 valence electrons. The van der Waals surface area contributed by atoms with E-state index in [0.717, 1.165) is 10.6 Å². The summed E-state index contributed by atoms with van der Waals surface area (Å²) in [6, 6.07) is 0.493. The number of esters is 1. The summed E-state index contributed by atoms with van der Waals surface area (Å²) in [5, 5.41) is 0. The Morgan fingerprint density at radius 3 is 2.67 bits per heavy atom. The average Bonchev–Trinajstić information content (AvgIpc) is 2.65. The van der Waals surface area contributed by atoms with Crippen molar-refractivity contribution in [2.24, 2.45) is 0 Å².